The first-order chi connectivity index (χ1) is 10.5. The summed E-state index contributed by atoms with van der Waals surface area (Å²) in [5.74, 6) is 0. The van der Waals surface area contributed by atoms with Crippen LogP contribution in [0.4, 0.5) is 13.2 Å². The summed E-state index contributed by atoms with van der Waals surface area (Å²) < 4.78 is 38.3. The second kappa shape index (κ2) is 6.13. The van der Waals surface area contributed by atoms with E-state index in [4.69, 9.17) is 0 Å². The second-order valence-corrected chi connectivity index (χ2v) is 5.73. The van der Waals surface area contributed by atoms with Crippen LogP contribution in [0.1, 0.15) is 27.8 Å². The van der Waals surface area contributed by atoms with E-state index in [0.717, 1.165) is 37.6 Å². The van der Waals surface area contributed by atoms with Gasteiger partial charge in [-0.1, -0.05) is 36.4 Å². The van der Waals surface area contributed by atoms with Crippen LogP contribution >= 0.6 is 0 Å². The van der Waals surface area contributed by atoms with E-state index in [2.05, 4.69) is 17.4 Å². The van der Waals surface area contributed by atoms with Gasteiger partial charge in [0.05, 0.1) is 5.56 Å². The Morgan fingerprint density at radius 3 is 2.36 bits per heavy atom. The molecule has 1 heterocycles. The lowest BCUT2D eigenvalue weighted by Gasteiger charge is -2.11. The van der Waals surface area contributed by atoms with E-state index >= 15 is 0 Å². The third kappa shape index (κ3) is 3.50. The third-order valence-corrected chi connectivity index (χ3v) is 4.08. The van der Waals surface area contributed by atoms with Gasteiger partial charge in [-0.3, -0.25) is 0 Å². The van der Waals surface area contributed by atoms with Gasteiger partial charge in [-0.05, 0) is 60.7 Å². The second-order valence-electron chi connectivity index (χ2n) is 5.73. The number of hydrogen-bond acceptors (Lipinski definition) is 1. The summed E-state index contributed by atoms with van der Waals surface area (Å²) in [5.41, 5.74) is 3.85. The zero-order valence-corrected chi connectivity index (χ0v) is 12.2. The summed E-state index contributed by atoms with van der Waals surface area (Å²) in [5, 5.41) is 3.36. The summed E-state index contributed by atoms with van der Waals surface area (Å²) in [6, 6.07) is 11.9. The molecule has 0 atom stereocenters. The van der Waals surface area contributed by atoms with E-state index in [1.807, 2.05) is 6.07 Å². The van der Waals surface area contributed by atoms with Crippen molar-refractivity contribution in [3.8, 4) is 0 Å². The molecule has 1 nitrogen and oxygen atoms in total. The number of hydrogen-bond donors (Lipinski definition) is 1. The Hall–Kier alpha value is -1.81. The molecule has 0 saturated heterocycles. The zero-order chi connectivity index (χ0) is 15.6. The maximum absolute atomic E-state index is 12.8. The molecule has 1 N–H and O–H groups in total. The molecule has 0 aliphatic carbocycles. The topological polar surface area (TPSA) is 12.0 Å². The average Bonchev–Trinajstić information content (AvgIpc) is 2.71. The predicted molar refractivity (Wildman–Crippen MR) is 81.0 cm³/mol. The minimum atomic E-state index is -4.28. The minimum absolute atomic E-state index is 0.532. The van der Waals surface area contributed by atoms with E-state index in [9.17, 15) is 13.2 Å². The van der Waals surface area contributed by atoms with Gasteiger partial charge in [0.1, 0.15) is 0 Å². The molecule has 0 fully saturated rings. The van der Waals surface area contributed by atoms with Crippen LogP contribution in [0, 0.1) is 0 Å². The molecule has 0 unspecified atom stereocenters. The fourth-order valence-electron chi connectivity index (χ4n) is 2.93. The molecule has 0 radical (unpaired) electrons. The van der Waals surface area contributed by atoms with Crippen LogP contribution in [-0.2, 0) is 25.4 Å². The van der Waals surface area contributed by atoms with Crippen LogP contribution in [0.15, 0.2) is 42.5 Å². The van der Waals surface area contributed by atoms with Gasteiger partial charge in [0.15, 0.2) is 0 Å². The van der Waals surface area contributed by atoms with E-state index in [-0.39, 0.29) is 0 Å². The first kappa shape index (κ1) is 15.1. The molecular formula is C18H18F3N. The molecule has 22 heavy (non-hydrogen) atoms. The van der Waals surface area contributed by atoms with Crippen LogP contribution < -0.4 is 5.32 Å². The highest BCUT2D eigenvalue weighted by atomic mass is 19.4. The highest BCUT2D eigenvalue weighted by Crippen LogP contribution is 2.30. The van der Waals surface area contributed by atoms with Gasteiger partial charge in [-0.25, -0.2) is 0 Å². The molecule has 1 aliphatic heterocycles. The smallest absolute Gasteiger partial charge is 0.316 e. The lowest BCUT2D eigenvalue weighted by molar-refractivity contribution is -0.137. The number of halogens is 3. The number of nitrogens with one attached hydrogen (secondary N) is 1. The fraction of sp³-hybridized carbons (Fsp3) is 0.333. The SMILES string of the molecule is FC(F)(F)c1cccc(Cc2ccc3c(c2)CCNCC3)c1. The van der Waals surface area contributed by atoms with E-state index in [1.165, 1.54) is 23.3 Å². The van der Waals surface area contributed by atoms with Gasteiger partial charge in [0, 0.05) is 0 Å². The first-order valence-electron chi connectivity index (χ1n) is 7.50. The number of fused-ring (bicyclic) bond motifs is 1. The summed E-state index contributed by atoms with van der Waals surface area (Å²) in [6.07, 6.45) is -1.76. The van der Waals surface area contributed by atoms with Crippen LogP contribution in [-0.4, -0.2) is 13.1 Å². The van der Waals surface area contributed by atoms with Crippen LogP contribution in [0.25, 0.3) is 0 Å². The van der Waals surface area contributed by atoms with Gasteiger partial charge in [-0.15, -0.1) is 0 Å². The summed E-state index contributed by atoms with van der Waals surface area (Å²) in [4.78, 5) is 0. The third-order valence-electron chi connectivity index (χ3n) is 4.08. The van der Waals surface area contributed by atoms with E-state index in [1.54, 1.807) is 6.07 Å². The van der Waals surface area contributed by atoms with Crippen molar-refractivity contribution in [3.63, 3.8) is 0 Å². The van der Waals surface area contributed by atoms with Gasteiger partial charge < -0.3 is 5.32 Å². The molecule has 1 aliphatic rings. The molecule has 0 aromatic heterocycles. The monoisotopic (exact) mass is 305 g/mol. The molecule has 3 rings (SSSR count). The highest BCUT2D eigenvalue weighted by molar-refractivity contribution is 5.37. The number of benzene rings is 2. The Labute approximate surface area is 128 Å². The van der Waals surface area contributed by atoms with E-state index < -0.39 is 11.7 Å². The minimum Gasteiger partial charge on any atom is -0.316 e. The first-order valence-corrected chi connectivity index (χ1v) is 7.50. The van der Waals surface area contributed by atoms with Crippen molar-refractivity contribution >= 4 is 0 Å². The van der Waals surface area contributed by atoms with Gasteiger partial charge in [0.2, 0.25) is 0 Å². The molecule has 2 aromatic carbocycles. The van der Waals surface area contributed by atoms with Crippen LogP contribution in [0.3, 0.4) is 0 Å². The molecular weight excluding hydrogens is 287 g/mol. The largest absolute Gasteiger partial charge is 0.416 e. The lowest BCUT2D eigenvalue weighted by Crippen LogP contribution is -2.16. The lowest BCUT2D eigenvalue weighted by atomic mass is 9.96. The Morgan fingerprint density at radius 1 is 0.864 bits per heavy atom. The number of alkyl halides is 3. The van der Waals surface area contributed by atoms with Crippen LogP contribution in [0.2, 0.25) is 0 Å². The number of rotatable bonds is 2. The Kier molecular flexibility index (Phi) is 4.21. The molecule has 0 bridgehead atoms. The molecule has 4 heteroatoms. The quantitative estimate of drug-likeness (QED) is 0.885. The maximum atomic E-state index is 12.8. The van der Waals surface area contributed by atoms with Crippen molar-refractivity contribution in [3.05, 3.63) is 70.3 Å². The fourth-order valence-corrected chi connectivity index (χ4v) is 2.93. The van der Waals surface area contributed by atoms with Gasteiger partial charge >= 0.3 is 6.18 Å². The van der Waals surface area contributed by atoms with Gasteiger partial charge in [0.25, 0.3) is 0 Å². The van der Waals surface area contributed by atoms with Crippen molar-refractivity contribution in [1.82, 2.24) is 5.32 Å². The van der Waals surface area contributed by atoms with Crippen molar-refractivity contribution in [2.45, 2.75) is 25.4 Å². The van der Waals surface area contributed by atoms with Crippen molar-refractivity contribution < 1.29 is 13.2 Å². The van der Waals surface area contributed by atoms with Crippen molar-refractivity contribution in [2.75, 3.05) is 13.1 Å². The van der Waals surface area contributed by atoms with Crippen molar-refractivity contribution in [2.24, 2.45) is 0 Å². The molecule has 0 amide bonds. The van der Waals surface area contributed by atoms with Gasteiger partial charge in [-0.2, -0.15) is 13.2 Å². The highest BCUT2D eigenvalue weighted by Gasteiger charge is 2.30. The Morgan fingerprint density at radius 2 is 1.59 bits per heavy atom. The Balaban J connectivity index is 1.83. The zero-order valence-electron chi connectivity index (χ0n) is 12.2. The average molecular weight is 305 g/mol. The van der Waals surface area contributed by atoms with E-state index in [0.29, 0.717) is 12.0 Å². The molecule has 0 spiro atoms. The summed E-state index contributed by atoms with van der Waals surface area (Å²) in [6.45, 7) is 1.94. The molecule has 2 aromatic rings. The molecule has 116 valence electrons. The van der Waals surface area contributed by atoms with Crippen LogP contribution in [0.5, 0.6) is 0 Å². The maximum Gasteiger partial charge on any atom is 0.416 e. The molecule has 0 saturated carbocycles. The Bertz CT molecular complexity index is 662. The predicted octanol–water partition coefficient (Wildman–Crippen LogP) is 3.98. The summed E-state index contributed by atoms with van der Waals surface area (Å²) in [7, 11) is 0. The normalized spacial score (nSPS) is 15.2. The summed E-state index contributed by atoms with van der Waals surface area (Å²) >= 11 is 0. The standard InChI is InChI=1S/C18H18F3N/c19-18(20,21)17-3-1-2-13(12-17)10-14-4-5-15-6-8-22-9-7-16(15)11-14/h1-5,11-12,22H,6-10H2. The van der Waals surface area contributed by atoms with Crippen molar-refractivity contribution in [1.29, 1.82) is 0 Å².